The zero-order chi connectivity index (χ0) is 11.0. The summed E-state index contributed by atoms with van der Waals surface area (Å²) in [6, 6.07) is 0. The first-order chi connectivity index (χ1) is 6.60. The summed E-state index contributed by atoms with van der Waals surface area (Å²) in [5, 5.41) is 17.2. The van der Waals surface area contributed by atoms with Gasteiger partial charge in [0.05, 0.1) is 13.7 Å². The number of carbonyl (C=O) groups is 2. The van der Waals surface area contributed by atoms with Crippen molar-refractivity contribution in [2.24, 2.45) is 0 Å². The molecule has 0 aliphatic rings. The summed E-state index contributed by atoms with van der Waals surface area (Å²) in [6.45, 7) is -0.811. The van der Waals surface area contributed by atoms with Crippen LogP contribution in [0.15, 0.2) is 12.2 Å². The lowest BCUT2D eigenvalue weighted by Crippen LogP contribution is -2.21. The molecule has 0 aliphatic carbocycles. The van der Waals surface area contributed by atoms with E-state index in [2.05, 4.69) is 9.47 Å². The fourth-order valence-corrected chi connectivity index (χ4v) is 0.483. The van der Waals surface area contributed by atoms with Crippen LogP contribution in [0.5, 0.6) is 0 Å². The summed E-state index contributed by atoms with van der Waals surface area (Å²) < 4.78 is 8.67. The third-order valence-corrected chi connectivity index (χ3v) is 1.19. The SMILES string of the molecule is COC(=O)C=CC(=O)OCC(O)CO. The number of aliphatic hydroxyl groups is 2. The van der Waals surface area contributed by atoms with Gasteiger partial charge < -0.3 is 19.7 Å². The van der Waals surface area contributed by atoms with Gasteiger partial charge in [0.25, 0.3) is 0 Å². The molecule has 1 atom stereocenters. The van der Waals surface area contributed by atoms with Crippen LogP contribution in [0, 0.1) is 0 Å². The molecule has 6 nitrogen and oxygen atoms in total. The minimum Gasteiger partial charge on any atom is -0.466 e. The lowest BCUT2D eigenvalue weighted by Gasteiger charge is -2.05. The first-order valence-corrected chi connectivity index (χ1v) is 3.82. The number of hydrogen-bond acceptors (Lipinski definition) is 6. The summed E-state index contributed by atoms with van der Waals surface area (Å²) >= 11 is 0. The molecule has 1 unspecified atom stereocenters. The number of esters is 2. The van der Waals surface area contributed by atoms with Crippen LogP contribution in [0.2, 0.25) is 0 Å². The highest BCUT2D eigenvalue weighted by atomic mass is 16.5. The van der Waals surface area contributed by atoms with Gasteiger partial charge in [-0.25, -0.2) is 9.59 Å². The van der Waals surface area contributed by atoms with Crippen molar-refractivity contribution in [1.29, 1.82) is 0 Å². The Kier molecular flexibility index (Phi) is 6.34. The molecular weight excluding hydrogens is 192 g/mol. The second-order valence-electron chi connectivity index (χ2n) is 2.32. The highest BCUT2D eigenvalue weighted by molar-refractivity contribution is 5.91. The molecule has 14 heavy (non-hydrogen) atoms. The van der Waals surface area contributed by atoms with E-state index < -0.39 is 24.6 Å². The van der Waals surface area contributed by atoms with E-state index in [0.717, 1.165) is 12.2 Å². The van der Waals surface area contributed by atoms with Gasteiger partial charge in [0.1, 0.15) is 12.7 Å². The number of rotatable bonds is 5. The van der Waals surface area contributed by atoms with Gasteiger partial charge in [0, 0.05) is 12.2 Å². The van der Waals surface area contributed by atoms with Gasteiger partial charge in [-0.15, -0.1) is 0 Å². The van der Waals surface area contributed by atoms with E-state index in [0.29, 0.717) is 0 Å². The third kappa shape index (κ3) is 6.15. The molecule has 0 aromatic carbocycles. The molecule has 0 aromatic rings. The molecule has 0 aromatic heterocycles. The molecule has 0 amide bonds. The second kappa shape index (κ2) is 7.05. The Bertz CT molecular complexity index is 222. The van der Waals surface area contributed by atoms with E-state index in [1.807, 2.05) is 0 Å². The zero-order valence-corrected chi connectivity index (χ0v) is 7.67. The van der Waals surface area contributed by atoms with Gasteiger partial charge in [0.2, 0.25) is 0 Å². The largest absolute Gasteiger partial charge is 0.466 e. The zero-order valence-electron chi connectivity index (χ0n) is 7.67. The molecular formula is C8H12O6. The van der Waals surface area contributed by atoms with Gasteiger partial charge in [-0.05, 0) is 0 Å². The van der Waals surface area contributed by atoms with Crippen molar-refractivity contribution in [2.75, 3.05) is 20.3 Å². The molecule has 0 fully saturated rings. The second-order valence-corrected chi connectivity index (χ2v) is 2.32. The van der Waals surface area contributed by atoms with Crippen LogP contribution < -0.4 is 0 Å². The van der Waals surface area contributed by atoms with Crippen molar-refractivity contribution in [3.8, 4) is 0 Å². The predicted molar refractivity (Wildman–Crippen MR) is 45.2 cm³/mol. The molecule has 0 radical (unpaired) electrons. The Morgan fingerprint density at radius 1 is 1.36 bits per heavy atom. The Labute approximate surface area is 80.7 Å². The van der Waals surface area contributed by atoms with Crippen LogP contribution in [-0.4, -0.2) is 48.6 Å². The Morgan fingerprint density at radius 3 is 2.43 bits per heavy atom. The predicted octanol–water partition coefficient (Wildman–Crippen LogP) is -1.39. The Hall–Kier alpha value is -1.40. The van der Waals surface area contributed by atoms with E-state index in [4.69, 9.17) is 10.2 Å². The average molecular weight is 204 g/mol. The smallest absolute Gasteiger partial charge is 0.331 e. The highest BCUT2D eigenvalue weighted by Gasteiger charge is 2.05. The lowest BCUT2D eigenvalue weighted by atomic mass is 10.4. The van der Waals surface area contributed by atoms with Crippen molar-refractivity contribution in [1.82, 2.24) is 0 Å². The molecule has 0 spiro atoms. The lowest BCUT2D eigenvalue weighted by molar-refractivity contribution is -0.142. The average Bonchev–Trinajstić information content (AvgIpc) is 2.22. The van der Waals surface area contributed by atoms with E-state index >= 15 is 0 Å². The standard InChI is InChI=1S/C8H12O6/c1-13-7(11)2-3-8(12)14-5-6(10)4-9/h2-3,6,9-10H,4-5H2,1H3. The summed E-state index contributed by atoms with van der Waals surface area (Å²) in [7, 11) is 1.17. The van der Waals surface area contributed by atoms with Gasteiger partial charge in [-0.3, -0.25) is 0 Å². The van der Waals surface area contributed by atoms with Gasteiger partial charge in [0.15, 0.2) is 0 Å². The fraction of sp³-hybridized carbons (Fsp3) is 0.500. The Morgan fingerprint density at radius 2 is 1.93 bits per heavy atom. The molecule has 0 heterocycles. The molecule has 0 aliphatic heterocycles. The summed E-state index contributed by atoms with van der Waals surface area (Å²) in [4.78, 5) is 21.3. The summed E-state index contributed by atoms with van der Waals surface area (Å²) in [6.07, 6.45) is 0.661. The summed E-state index contributed by atoms with van der Waals surface area (Å²) in [5.74, 6) is -1.47. The van der Waals surface area contributed by atoms with Crippen molar-refractivity contribution >= 4 is 11.9 Å². The fourth-order valence-electron chi connectivity index (χ4n) is 0.483. The highest BCUT2D eigenvalue weighted by Crippen LogP contribution is 1.87. The van der Waals surface area contributed by atoms with Crippen molar-refractivity contribution in [2.45, 2.75) is 6.10 Å². The van der Waals surface area contributed by atoms with E-state index in [9.17, 15) is 9.59 Å². The van der Waals surface area contributed by atoms with Crippen LogP contribution in [-0.2, 0) is 19.1 Å². The first-order valence-electron chi connectivity index (χ1n) is 3.82. The topological polar surface area (TPSA) is 93.1 Å². The van der Waals surface area contributed by atoms with E-state index in [1.165, 1.54) is 7.11 Å². The van der Waals surface area contributed by atoms with Gasteiger partial charge in [-0.1, -0.05) is 0 Å². The molecule has 80 valence electrons. The number of carbonyl (C=O) groups excluding carboxylic acids is 2. The molecule has 6 heteroatoms. The maximum Gasteiger partial charge on any atom is 0.331 e. The van der Waals surface area contributed by atoms with Crippen LogP contribution in [0.1, 0.15) is 0 Å². The monoisotopic (exact) mass is 204 g/mol. The molecule has 0 bridgehead atoms. The van der Waals surface area contributed by atoms with Crippen LogP contribution in [0.25, 0.3) is 0 Å². The summed E-state index contributed by atoms with van der Waals surface area (Å²) in [5.41, 5.74) is 0. The van der Waals surface area contributed by atoms with Gasteiger partial charge in [-0.2, -0.15) is 0 Å². The van der Waals surface area contributed by atoms with Crippen LogP contribution in [0.4, 0.5) is 0 Å². The minimum atomic E-state index is -1.11. The molecule has 0 saturated heterocycles. The maximum atomic E-state index is 10.8. The number of hydrogen-bond donors (Lipinski definition) is 2. The third-order valence-electron chi connectivity index (χ3n) is 1.19. The van der Waals surface area contributed by atoms with Crippen molar-refractivity contribution < 1.29 is 29.3 Å². The van der Waals surface area contributed by atoms with Crippen LogP contribution >= 0.6 is 0 Å². The van der Waals surface area contributed by atoms with E-state index in [-0.39, 0.29) is 6.61 Å². The number of methoxy groups -OCH3 is 1. The quantitative estimate of drug-likeness (QED) is 0.423. The number of aliphatic hydroxyl groups excluding tert-OH is 2. The number of ether oxygens (including phenoxy) is 2. The van der Waals surface area contributed by atoms with Crippen molar-refractivity contribution in [3.05, 3.63) is 12.2 Å². The Balaban J connectivity index is 3.76. The van der Waals surface area contributed by atoms with E-state index in [1.54, 1.807) is 0 Å². The minimum absolute atomic E-state index is 0.319. The maximum absolute atomic E-state index is 10.8. The molecule has 0 rings (SSSR count). The normalized spacial score (nSPS) is 12.5. The van der Waals surface area contributed by atoms with Crippen molar-refractivity contribution in [3.63, 3.8) is 0 Å². The van der Waals surface area contributed by atoms with Crippen LogP contribution in [0.3, 0.4) is 0 Å². The first kappa shape index (κ1) is 12.6. The van der Waals surface area contributed by atoms with Gasteiger partial charge >= 0.3 is 11.9 Å². The molecule has 0 saturated carbocycles. The molecule has 2 N–H and O–H groups in total.